The highest BCUT2D eigenvalue weighted by Gasteiger charge is 2.10. The number of aromatic nitrogens is 2. The first-order valence-corrected chi connectivity index (χ1v) is 9.03. The van der Waals surface area contributed by atoms with Crippen molar-refractivity contribution in [1.29, 1.82) is 0 Å². The molecule has 0 radical (unpaired) electrons. The third kappa shape index (κ3) is 3.90. The molecule has 0 spiro atoms. The summed E-state index contributed by atoms with van der Waals surface area (Å²) in [5, 5.41) is 5.03. The summed E-state index contributed by atoms with van der Waals surface area (Å²) in [7, 11) is 0. The fourth-order valence-electron chi connectivity index (χ4n) is 2.51. The maximum absolute atomic E-state index is 12.1. The summed E-state index contributed by atoms with van der Waals surface area (Å²) in [5.41, 5.74) is 3.72. The SMILES string of the molecule is Cc1ccc(OCC(=O)Nc2nc(-c3ccc4oc(=O)[nH]c4c3)cs2)cc1. The Balaban J connectivity index is 1.41. The number of fused-ring (bicyclic) bond motifs is 1. The third-order valence-corrected chi connectivity index (χ3v) is 4.61. The van der Waals surface area contributed by atoms with Gasteiger partial charge in [0.15, 0.2) is 17.3 Å². The van der Waals surface area contributed by atoms with Crippen LogP contribution in [0.4, 0.5) is 5.13 Å². The van der Waals surface area contributed by atoms with Crippen molar-refractivity contribution in [3.63, 3.8) is 0 Å². The lowest BCUT2D eigenvalue weighted by Crippen LogP contribution is -2.20. The molecule has 8 heteroatoms. The Bertz CT molecular complexity index is 1160. The van der Waals surface area contributed by atoms with Gasteiger partial charge in [-0.25, -0.2) is 9.78 Å². The second kappa shape index (κ2) is 7.08. The van der Waals surface area contributed by atoms with Gasteiger partial charge in [0.05, 0.1) is 11.2 Å². The van der Waals surface area contributed by atoms with E-state index in [4.69, 9.17) is 9.15 Å². The number of nitrogens with one attached hydrogen (secondary N) is 2. The van der Waals surface area contributed by atoms with Crippen LogP contribution in [0.15, 0.2) is 57.1 Å². The molecule has 2 aromatic carbocycles. The molecule has 0 aliphatic heterocycles. The minimum absolute atomic E-state index is 0.0970. The van der Waals surface area contributed by atoms with Gasteiger partial charge in [-0.2, -0.15) is 0 Å². The number of hydrogen-bond donors (Lipinski definition) is 2. The molecular weight excluding hydrogens is 366 g/mol. The number of aryl methyl sites for hydroxylation is 1. The molecule has 136 valence electrons. The summed E-state index contributed by atoms with van der Waals surface area (Å²) in [6.45, 7) is 1.89. The summed E-state index contributed by atoms with van der Waals surface area (Å²) >= 11 is 1.31. The normalized spacial score (nSPS) is 10.9. The van der Waals surface area contributed by atoms with E-state index >= 15 is 0 Å². The smallest absolute Gasteiger partial charge is 0.417 e. The number of H-pyrrole nitrogens is 1. The van der Waals surface area contributed by atoms with Crippen molar-refractivity contribution in [2.75, 3.05) is 11.9 Å². The Hall–Kier alpha value is -3.39. The van der Waals surface area contributed by atoms with Crippen molar-refractivity contribution in [2.24, 2.45) is 0 Å². The first-order valence-electron chi connectivity index (χ1n) is 8.15. The Morgan fingerprint density at radius 1 is 1.26 bits per heavy atom. The molecule has 0 saturated carbocycles. The summed E-state index contributed by atoms with van der Waals surface area (Å²) in [4.78, 5) is 30.3. The van der Waals surface area contributed by atoms with Crippen molar-refractivity contribution in [2.45, 2.75) is 6.92 Å². The van der Waals surface area contributed by atoms with Gasteiger partial charge in [-0.1, -0.05) is 17.7 Å². The lowest BCUT2D eigenvalue weighted by Gasteiger charge is -2.05. The molecule has 2 aromatic heterocycles. The van der Waals surface area contributed by atoms with Crippen LogP contribution in [0, 0.1) is 6.92 Å². The lowest BCUT2D eigenvalue weighted by atomic mass is 10.1. The number of oxazole rings is 1. The maximum atomic E-state index is 12.1. The van der Waals surface area contributed by atoms with E-state index in [0.29, 0.717) is 27.7 Å². The van der Waals surface area contributed by atoms with Gasteiger partial charge in [0, 0.05) is 10.9 Å². The summed E-state index contributed by atoms with van der Waals surface area (Å²) in [6, 6.07) is 12.8. The molecule has 2 heterocycles. The fourth-order valence-corrected chi connectivity index (χ4v) is 3.25. The van der Waals surface area contributed by atoms with Crippen LogP contribution in [0.3, 0.4) is 0 Å². The maximum Gasteiger partial charge on any atom is 0.417 e. The molecule has 7 nitrogen and oxygen atoms in total. The molecule has 27 heavy (non-hydrogen) atoms. The van der Waals surface area contributed by atoms with Crippen molar-refractivity contribution in [1.82, 2.24) is 9.97 Å². The van der Waals surface area contributed by atoms with E-state index in [9.17, 15) is 9.59 Å². The van der Waals surface area contributed by atoms with Gasteiger partial charge in [-0.15, -0.1) is 11.3 Å². The van der Waals surface area contributed by atoms with Crippen molar-refractivity contribution < 1.29 is 13.9 Å². The van der Waals surface area contributed by atoms with Crippen LogP contribution < -0.4 is 15.8 Å². The molecule has 4 rings (SSSR count). The first kappa shape index (κ1) is 17.0. The molecule has 0 aliphatic rings. The Kier molecular flexibility index (Phi) is 4.47. The predicted molar refractivity (Wildman–Crippen MR) is 103 cm³/mol. The fraction of sp³-hybridized carbons (Fsp3) is 0.105. The zero-order valence-electron chi connectivity index (χ0n) is 14.3. The van der Waals surface area contributed by atoms with Gasteiger partial charge < -0.3 is 9.15 Å². The molecule has 1 amide bonds. The minimum atomic E-state index is -0.498. The highest BCUT2D eigenvalue weighted by atomic mass is 32.1. The number of ether oxygens (including phenoxy) is 1. The van der Waals surface area contributed by atoms with Gasteiger partial charge in [0.25, 0.3) is 5.91 Å². The van der Waals surface area contributed by atoms with Crippen molar-refractivity contribution in [3.05, 3.63) is 64.0 Å². The number of thiazole rings is 1. The van der Waals surface area contributed by atoms with Gasteiger partial charge in [-0.3, -0.25) is 15.1 Å². The Morgan fingerprint density at radius 2 is 2.07 bits per heavy atom. The van der Waals surface area contributed by atoms with Crippen molar-refractivity contribution >= 4 is 33.5 Å². The van der Waals surface area contributed by atoms with E-state index in [0.717, 1.165) is 11.1 Å². The molecule has 0 unspecified atom stereocenters. The van der Waals surface area contributed by atoms with Crippen LogP contribution in [0.2, 0.25) is 0 Å². The summed E-state index contributed by atoms with van der Waals surface area (Å²) < 4.78 is 10.4. The van der Waals surface area contributed by atoms with E-state index in [2.05, 4.69) is 15.3 Å². The highest BCUT2D eigenvalue weighted by Crippen LogP contribution is 2.27. The minimum Gasteiger partial charge on any atom is -0.484 e. The summed E-state index contributed by atoms with van der Waals surface area (Å²) in [6.07, 6.45) is 0. The van der Waals surface area contributed by atoms with E-state index in [-0.39, 0.29) is 12.5 Å². The van der Waals surface area contributed by atoms with Crippen LogP contribution in [0.5, 0.6) is 5.75 Å². The molecule has 2 N–H and O–H groups in total. The summed E-state index contributed by atoms with van der Waals surface area (Å²) in [5.74, 6) is -0.147. The lowest BCUT2D eigenvalue weighted by molar-refractivity contribution is -0.118. The average molecular weight is 381 g/mol. The van der Waals surface area contributed by atoms with Gasteiger partial charge in [0.1, 0.15) is 5.75 Å². The number of rotatable bonds is 5. The average Bonchev–Trinajstić information content (AvgIpc) is 3.26. The zero-order chi connectivity index (χ0) is 18.8. The molecule has 4 aromatic rings. The predicted octanol–water partition coefficient (Wildman–Crippen LogP) is 3.57. The Morgan fingerprint density at radius 3 is 2.89 bits per heavy atom. The standard InChI is InChI=1S/C19H15N3O4S/c1-11-2-5-13(6-3-11)25-9-17(23)22-18-20-15(10-27-18)12-4-7-16-14(8-12)21-19(24)26-16/h2-8,10H,9H2,1H3,(H,21,24)(H,20,22,23). The van der Waals surface area contributed by atoms with E-state index in [1.165, 1.54) is 11.3 Å². The number of carbonyl (C=O) groups is 1. The molecule has 0 fully saturated rings. The number of hydrogen-bond acceptors (Lipinski definition) is 6. The number of amides is 1. The number of anilines is 1. The monoisotopic (exact) mass is 381 g/mol. The number of nitrogens with zero attached hydrogens (tertiary/aromatic N) is 1. The molecule has 0 aliphatic carbocycles. The first-order chi connectivity index (χ1) is 13.1. The second-order valence-electron chi connectivity index (χ2n) is 5.91. The third-order valence-electron chi connectivity index (χ3n) is 3.86. The Labute approximate surface area is 157 Å². The van der Waals surface area contributed by atoms with E-state index in [1.807, 2.05) is 36.6 Å². The second-order valence-corrected chi connectivity index (χ2v) is 6.77. The van der Waals surface area contributed by atoms with Crippen LogP contribution >= 0.6 is 11.3 Å². The highest BCUT2D eigenvalue weighted by molar-refractivity contribution is 7.14. The van der Waals surface area contributed by atoms with Crippen LogP contribution in [0.25, 0.3) is 22.4 Å². The van der Waals surface area contributed by atoms with Crippen LogP contribution in [-0.2, 0) is 4.79 Å². The van der Waals surface area contributed by atoms with Crippen molar-refractivity contribution in [3.8, 4) is 17.0 Å². The van der Waals surface area contributed by atoms with E-state index in [1.54, 1.807) is 18.2 Å². The number of aromatic amines is 1. The van der Waals surface area contributed by atoms with Crippen LogP contribution in [-0.4, -0.2) is 22.5 Å². The quantitative estimate of drug-likeness (QED) is 0.551. The molecule has 0 atom stereocenters. The van der Waals surface area contributed by atoms with E-state index < -0.39 is 5.76 Å². The van der Waals surface area contributed by atoms with Gasteiger partial charge in [-0.05, 0) is 37.3 Å². The number of benzene rings is 2. The van der Waals surface area contributed by atoms with Gasteiger partial charge >= 0.3 is 5.76 Å². The topological polar surface area (TPSA) is 97.2 Å². The molecule has 0 saturated heterocycles. The van der Waals surface area contributed by atoms with Crippen LogP contribution in [0.1, 0.15) is 5.56 Å². The van der Waals surface area contributed by atoms with Gasteiger partial charge in [0.2, 0.25) is 0 Å². The zero-order valence-corrected chi connectivity index (χ0v) is 15.1. The molecular formula is C19H15N3O4S. The number of carbonyl (C=O) groups excluding carboxylic acids is 1. The largest absolute Gasteiger partial charge is 0.484 e. The molecule has 0 bridgehead atoms.